The normalized spacial score (nSPS) is 11.8. The lowest BCUT2D eigenvalue weighted by molar-refractivity contribution is -0.141. The van der Waals surface area contributed by atoms with E-state index in [1.807, 2.05) is 0 Å². The molecule has 2 heterocycles. The van der Waals surface area contributed by atoms with E-state index in [1.54, 1.807) is 24.3 Å². The monoisotopic (exact) mass is 378 g/mol. The van der Waals surface area contributed by atoms with Gasteiger partial charge in [0.05, 0.1) is 11.8 Å². The molecule has 3 rings (SSSR count). The molecule has 0 aliphatic carbocycles. The molecule has 5 nitrogen and oxygen atoms in total. The van der Waals surface area contributed by atoms with Crippen molar-refractivity contribution in [3.63, 3.8) is 0 Å². The highest BCUT2D eigenvalue weighted by molar-refractivity contribution is 6.30. The van der Waals surface area contributed by atoms with Crippen LogP contribution < -0.4 is 5.43 Å². The number of hydrazone groups is 1. The van der Waals surface area contributed by atoms with E-state index in [1.165, 1.54) is 24.5 Å². The molecule has 3 aromatic rings. The van der Waals surface area contributed by atoms with Gasteiger partial charge >= 0.3 is 6.18 Å². The summed E-state index contributed by atoms with van der Waals surface area (Å²) < 4.78 is 39.7. The van der Waals surface area contributed by atoms with Gasteiger partial charge in [0.15, 0.2) is 11.3 Å². The van der Waals surface area contributed by atoms with Crippen LogP contribution in [0, 0.1) is 0 Å². The van der Waals surface area contributed by atoms with E-state index in [2.05, 4.69) is 20.5 Å². The third kappa shape index (κ3) is 3.97. The SMILES string of the molecule is O=C(N/N=C/c1ccc(Cl)cc1)c1cc2cccnc2nc1C(F)(F)F. The number of amides is 1. The van der Waals surface area contributed by atoms with Crippen LogP contribution in [-0.4, -0.2) is 22.1 Å². The maximum Gasteiger partial charge on any atom is 0.434 e. The predicted molar refractivity (Wildman–Crippen MR) is 91.1 cm³/mol. The lowest BCUT2D eigenvalue weighted by atomic mass is 10.1. The first-order chi connectivity index (χ1) is 12.3. The van der Waals surface area contributed by atoms with E-state index in [-0.39, 0.29) is 5.65 Å². The molecule has 1 aromatic carbocycles. The van der Waals surface area contributed by atoms with Crippen molar-refractivity contribution in [3.8, 4) is 0 Å². The van der Waals surface area contributed by atoms with Crippen molar-refractivity contribution in [1.29, 1.82) is 0 Å². The quantitative estimate of drug-likeness (QED) is 0.552. The Hall–Kier alpha value is -3.00. The van der Waals surface area contributed by atoms with Crippen LogP contribution in [0.1, 0.15) is 21.6 Å². The van der Waals surface area contributed by atoms with E-state index in [9.17, 15) is 18.0 Å². The van der Waals surface area contributed by atoms with Crippen molar-refractivity contribution >= 4 is 34.8 Å². The molecule has 26 heavy (non-hydrogen) atoms. The van der Waals surface area contributed by atoms with Gasteiger partial charge in [0.2, 0.25) is 0 Å². The number of alkyl halides is 3. The average Bonchev–Trinajstić information content (AvgIpc) is 2.61. The van der Waals surface area contributed by atoms with Crippen molar-refractivity contribution in [3.05, 3.63) is 70.5 Å². The van der Waals surface area contributed by atoms with Crippen LogP contribution in [0.2, 0.25) is 5.02 Å². The summed E-state index contributed by atoms with van der Waals surface area (Å²) in [5.74, 6) is -1.03. The van der Waals surface area contributed by atoms with Crippen molar-refractivity contribution in [2.75, 3.05) is 0 Å². The minimum Gasteiger partial charge on any atom is -0.267 e. The lowest BCUT2D eigenvalue weighted by Crippen LogP contribution is -2.23. The number of hydrogen-bond acceptors (Lipinski definition) is 4. The predicted octanol–water partition coefficient (Wildman–Crippen LogP) is 4.07. The number of rotatable bonds is 3. The summed E-state index contributed by atoms with van der Waals surface area (Å²) >= 11 is 5.75. The summed E-state index contributed by atoms with van der Waals surface area (Å²) in [6.45, 7) is 0. The number of hydrogen-bond donors (Lipinski definition) is 1. The molecule has 0 atom stereocenters. The zero-order valence-electron chi connectivity index (χ0n) is 13.0. The zero-order chi connectivity index (χ0) is 18.7. The van der Waals surface area contributed by atoms with Gasteiger partial charge < -0.3 is 0 Å². The maximum absolute atomic E-state index is 13.2. The molecule has 0 spiro atoms. The summed E-state index contributed by atoms with van der Waals surface area (Å²) in [5.41, 5.74) is 0.647. The van der Waals surface area contributed by atoms with Gasteiger partial charge in [-0.25, -0.2) is 15.4 Å². The first-order valence-corrected chi connectivity index (χ1v) is 7.64. The molecule has 0 bridgehead atoms. The standard InChI is InChI=1S/C17H10ClF3N4O/c18-12-5-3-10(4-6-12)9-23-25-16(26)13-8-11-2-1-7-22-15(11)24-14(13)17(19,20)21/h1-9H,(H,25,26)/b23-9+. The second-order valence-corrected chi connectivity index (χ2v) is 5.62. The van der Waals surface area contributed by atoms with Crippen molar-refractivity contribution in [2.24, 2.45) is 5.10 Å². The highest BCUT2D eigenvalue weighted by atomic mass is 35.5. The van der Waals surface area contributed by atoms with Gasteiger partial charge in [-0.1, -0.05) is 23.7 Å². The van der Waals surface area contributed by atoms with Crippen LogP contribution in [0.5, 0.6) is 0 Å². The number of aromatic nitrogens is 2. The molecule has 1 amide bonds. The van der Waals surface area contributed by atoms with Gasteiger partial charge in [-0.2, -0.15) is 18.3 Å². The number of fused-ring (bicyclic) bond motifs is 1. The largest absolute Gasteiger partial charge is 0.434 e. The maximum atomic E-state index is 13.2. The minimum absolute atomic E-state index is 0.0963. The Bertz CT molecular complexity index is 987. The highest BCUT2D eigenvalue weighted by Crippen LogP contribution is 2.32. The van der Waals surface area contributed by atoms with Gasteiger partial charge in [0.25, 0.3) is 5.91 Å². The Kier molecular flexibility index (Phi) is 4.85. The Balaban J connectivity index is 1.90. The third-order valence-corrected chi connectivity index (χ3v) is 3.60. The molecule has 0 unspecified atom stereocenters. The van der Waals surface area contributed by atoms with Crippen molar-refractivity contribution in [2.45, 2.75) is 6.18 Å². The fourth-order valence-electron chi connectivity index (χ4n) is 2.17. The smallest absolute Gasteiger partial charge is 0.267 e. The molecule has 0 saturated heterocycles. The molecule has 9 heteroatoms. The Morgan fingerprint density at radius 2 is 1.92 bits per heavy atom. The van der Waals surface area contributed by atoms with Crippen LogP contribution in [-0.2, 0) is 6.18 Å². The van der Waals surface area contributed by atoms with Gasteiger partial charge in [-0.15, -0.1) is 0 Å². The van der Waals surface area contributed by atoms with Crippen LogP contribution in [0.25, 0.3) is 11.0 Å². The topological polar surface area (TPSA) is 67.2 Å². The molecule has 0 saturated carbocycles. The van der Waals surface area contributed by atoms with Gasteiger partial charge in [0, 0.05) is 16.6 Å². The third-order valence-electron chi connectivity index (χ3n) is 3.35. The van der Waals surface area contributed by atoms with Gasteiger partial charge in [-0.05, 0) is 35.9 Å². The molecule has 0 fully saturated rings. The molecule has 0 aliphatic heterocycles. The summed E-state index contributed by atoms with van der Waals surface area (Å²) in [4.78, 5) is 19.5. The fraction of sp³-hybridized carbons (Fsp3) is 0.0588. The summed E-state index contributed by atoms with van der Waals surface area (Å²) in [6.07, 6.45) is -2.19. The van der Waals surface area contributed by atoms with Crippen LogP contribution in [0.15, 0.2) is 53.8 Å². The molecular formula is C17H10ClF3N4O. The Morgan fingerprint density at radius 3 is 2.62 bits per heavy atom. The average molecular weight is 379 g/mol. The molecule has 0 radical (unpaired) electrons. The van der Waals surface area contributed by atoms with E-state index < -0.39 is 23.3 Å². The molecule has 2 aromatic heterocycles. The van der Waals surface area contributed by atoms with Crippen LogP contribution >= 0.6 is 11.6 Å². The zero-order valence-corrected chi connectivity index (χ0v) is 13.7. The summed E-state index contributed by atoms with van der Waals surface area (Å²) in [6, 6.07) is 10.7. The fourth-order valence-corrected chi connectivity index (χ4v) is 2.30. The van der Waals surface area contributed by atoms with Crippen LogP contribution in [0.3, 0.4) is 0 Å². The summed E-state index contributed by atoms with van der Waals surface area (Å²) in [7, 11) is 0. The molecule has 132 valence electrons. The van der Waals surface area contributed by atoms with Gasteiger partial charge in [-0.3, -0.25) is 4.79 Å². The second-order valence-electron chi connectivity index (χ2n) is 5.18. The molecular weight excluding hydrogens is 369 g/mol. The number of carbonyl (C=O) groups excluding carboxylic acids is 1. The number of nitrogens with zero attached hydrogens (tertiary/aromatic N) is 3. The summed E-state index contributed by atoms with van der Waals surface area (Å²) in [5, 5.41) is 4.51. The first kappa shape index (κ1) is 17.8. The van der Waals surface area contributed by atoms with Gasteiger partial charge in [0.1, 0.15) is 0 Å². The van der Waals surface area contributed by atoms with E-state index in [0.717, 1.165) is 6.07 Å². The number of pyridine rings is 2. The van der Waals surface area contributed by atoms with E-state index >= 15 is 0 Å². The minimum atomic E-state index is -4.81. The number of halogens is 4. The number of carbonyl (C=O) groups is 1. The number of benzene rings is 1. The Labute approximate surface area is 150 Å². The highest BCUT2D eigenvalue weighted by Gasteiger charge is 2.37. The second kappa shape index (κ2) is 7.09. The van der Waals surface area contributed by atoms with Crippen LogP contribution in [0.4, 0.5) is 13.2 Å². The van der Waals surface area contributed by atoms with E-state index in [0.29, 0.717) is 16.0 Å². The molecule has 1 N–H and O–H groups in total. The Morgan fingerprint density at radius 1 is 1.19 bits per heavy atom. The molecule has 0 aliphatic rings. The lowest BCUT2D eigenvalue weighted by Gasteiger charge is -2.11. The number of nitrogens with one attached hydrogen (secondary N) is 1. The van der Waals surface area contributed by atoms with E-state index in [4.69, 9.17) is 11.6 Å². The van der Waals surface area contributed by atoms with Crippen molar-refractivity contribution in [1.82, 2.24) is 15.4 Å². The van der Waals surface area contributed by atoms with Crippen molar-refractivity contribution < 1.29 is 18.0 Å². The first-order valence-electron chi connectivity index (χ1n) is 7.26.